The average Bonchev–Trinajstić information content (AvgIpc) is 2.95. The maximum atomic E-state index is 11.6. The maximum Gasteiger partial charge on any atom is 0.237 e. The molecule has 0 aromatic rings. The van der Waals surface area contributed by atoms with Crippen molar-refractivity contribution < 1.29 is 4.79 Å². The summed E-state index contributed by atoms with van der Waals surface area (Å²) in [4.78, 5) is 13.6. The molecule has 14 heavy (non-hydrogen) atoms. The molecule has 1 heterocycles. The summed E-state index contributed by atoms with van der Waals surface area (Å²) in [5.74, 6) is 1.86. The number of carbonyl (C=O) groups excluding carboxylic acids is 1. The third-order valence-corrected chi connectivity index (χ3v) is 3.48. The van der Waals surface area contributed by atoms with Gasteiger partial charge in [0.2, 0.25) is 5.91 Å². The van der Waals surface area contributed by atoms with Gasteiger partial charge in [0.15, 0.2) is 0 Å². The summed E-state index contributed by atoms with van der Waals surface area (Å²) in [6, 6.07) is 0. The Bertz CT molecular complexity index is 225. The number of nitrogens with zero attached hydrogens (tertiary/aromatic N) is 1. The van der Waals surface area contributed by atoms with Crippen molar-refractivity contribution in [2.24, 2.45) is 11.8 Å². The van der Waals surface area contributed by atoms with Crippen molar-refractivity contribution in [2.75, 3.05) is 13.1 Å². The lowest BCUT2D eigenvalue weighted by molar-refractivity contribution is -0.128. The Kier molecular flexibility index (Phi) is 2.77. The summed E-state index contributed by atoms with van der Waals surface area (Å²) in [6.07, 6.45) is 4.05. The molecule has 1 aliphatic carbocycles. The summed E-state index contributed by atoms with van der Waals surface area (Å²) >= 11 is 0. The average molecular weight is 196 g/mol. The molecular formula is C11H20N2O. The van der Waals surface area contributed by atoms with E-state index in [1.54, 1.807) is 0 Å². The lowest BCUT2D eigenvalue weighted by Crippen LogP contribution is -2.39. The van der Waals surface area contributed by atoms with E-state index in [4.69, 9.17) is 0 Å². The summed E-state index contributed by atoms with van der Waals surface area (Å²) in [6.45, 7) is 5.89. The molecular weight excluding hydrogens is 176 g/mol. The van der Waals surface area contributed by atoms with Crippen LogP contribution in [-0.4, -0.2) is 30.1 Å². The van der Waals surface area contributed by atoms with Crippen LogP contribution < -0.4 is 5.32 Å². The fourth-order valence-electron chi connectivity index (χ4n) is 2.31. The quantitative estimate of drug-likeness (QED) is 0.732. The highest BCUT2D eigenvalue weighted by Crippen LogP contribution is 2.37. The van der Waals surface area contributed by atoms with E-state index in [2.05, 4.69) is 19.2 Å². The van der Waals surface area contributed by atoms with Crippen LogP contribution in [0.4, 0.5) is 0 Å². The van der Waals surface area contributed by atoms with Gasteiger partial charge in [0.05, 0.1) is 12.7 Å². The Labute approximate surface area is 85.8 Å². The van der Waals surface area contributed by atoms with Gasteiger partial charge in [-0.3, -0.25) is 10.1 Å². The monoisotopic (exact) mass is 196 g/mol. The molecule has 2 atom stereocenters. The van der Waals surface area contributed by atoms with E-state index in [0.717, 1.165) is 18.9 Å². The minimum Gasteiger partial charge on any atom is -0.326 e. The smallest absolute Gasteiger partial charge is 0.237 e. The molecule has 3 heteroatoms. The summed E-state index contributed by atoms with van der Waals surface area (Å²) in [5, 5.41) is 3.25. The standard InChI is InChI=1S/C11H20N2O/c1-3-10-12-6-11(14)13(10)7-8(2)9-4-5-9/h8-10,12H,3-7H2,1-2H3. The molecule has 0 aromatic heterocycles. The highest BCUT2D eigenvalue weighted by Gasteiger charge is 2.34. The number of rotatable bonds is 4. The maximum absolute atomic E-state index is 11.6. The second-order valence-electron chi connectivity index (χ2n) is 4.67. The fraction of sp³-hybridized carbons (Fsp3) is 0.909. The van der Waals surface area contributed by atoms with Gasteiger partial charge in [0, 0.05) is 6.54 Å². The Morgan fingerprint density at radius 2 is 2.29 bits per heavy atom. The summed E-state index contributed by atoms with van der Waals surface area (Å²) < 4.78 is 0. The molecule has 3 nitrogen and oxygen atoms in total. The Balaban J connectivity index is 1.90. The van der Waals surface area contributed by atoms with Crippen LogP contribution in [0.5, 0.6) is 0 Å². The largest absolute Gasteiger partial charge is 0.326 e. The van der Waals surface area contributed by atoms with Crippen LogP contribution in [0.1, 0.15) is 33.1 Å². The van der Waals surface area contributed by atoms with E-state index in [1.807, 2.05) is 4.90 Å². The zero-order valence-corrected chi connectivity index (χ0v) is 9.12. The van der Waals surface area contributed by atoms with E-state index in [1.165, 1.54) is 12.8 Å². The van der Waals surface area contributed by atoms with Gasteiger partial charge in [-0.15, -0.1) is 0 Å². The van der Waals surface area contributed by atoms with Crippen molar-refractivity contribution in [2.45, 2.75) is 39.3 Å². The second kappa shape index (κ2) is 3.89. The minimum absolute atomic E-state index is 0.282. The molecule has 0 radical (unpaired) electrons. The number of carbonyl (C=O) groups is 1. The number of amides is 1. The first kappa shape index (κ1) is 9.97. The van der Waals surface area contributed by atoms with Gasteiger partial charge < -0.3 is 4.90 Å². The van der Waals surface area contributed by atoms with E-state index in [9.17, 15) is 4.79 Å². The normalized spacial score (nSPS) is 29.7. The van der Waals surface area contributed by atoms with Gasteiger partial charge in [0.25, 0.3) is 0 Å². The van der Waals surface area contributed by atoms with Crippen molar-refractivity contribution in [3.63, 3.8) is 0 Å². The van der Waals surface area contributed by atoms with Crippen molar-refractivity contribution >= 4 is 5.91 Å². The lowest BCUT2D eigenvalue weighted by atomic mass is 10.1. The van der Waals surface area contributed by atoms with Gasteiger partial charge in [-0.1, -0.05) is 13.8 Å². The van der Waals surface area contributed by atoms with Crippen LogP contribution in [0, 0.1) is 11.8 Å². The molecule has 0 bridgehead atoms. The van der Waals surface area contributed by atoms with Gasteiger partial charge >= 0.3 is 0 Å². The van der Waals surface area contributed by atoms with E-state index in [-0.39, 0.29) is 5.91 Å². The van der Waals surface area contributed by atoms with Gasteiger partial charge in [-0.25, -0.2) is 0 Å². The van der Waals surface area contributed by atoms with Gasteiger partial charge in [-0.05, 0) is 31.1 Å². The minimum atomic E-state index is 0.282. The number of hydrogen-bond donors (Lipinski definition) is 1. The van der Waals surface area contributed by atoms with Gasteiger partial charge in [-0.2, -0.15) is 0 Å². The number of nitrogens with one attached hydrogen (secondary N) is 1. The third kappa shape index (κ3) is 1.92. The fourth-order valence-corrected chi connectivity index (χ4v) is 2.31. The Morgan fingerprint density at radius 1 is 1.57 bits per heavy atom. The summed E-state index contributed by atoms with van der Waals surface area (Å²) in [7, 11) is 0. The van der Waals surface area contributed by atoms with E-state index in [0.29, 0.717) is 18.6 Å². The van der Waals surface area contributed by atoms with E-state index >= 15 is 0 Å². The molecule has 1 saturated heterocycles. The molecule has 2 rings (SSSR count). The SMILES string of the molecule is CCC1NCC(=O)N1CC(C)C1CC1. The molecule has 1 amide bonds. The van der Waals surface area contributed by atoms with Gasteiger partial charge in [0.1, 0.15) is 0 Å². The predicted molar refractivity (Wildman–Crippen MR) is 55.7 cm³/mol. The Morgan fingerprint density at radius 3 is 2.86 bits per heavy atom. The molecule has 2 fully saturated rings. The lowest BCUT2D eigenvalue weighted by Gasteiger charge is -2.26. The highest BCUT2D eigenvalue weighted by molar-refractivity contribution is 5.80. The second-order valence-corrected chi connectivity index (χ2v) is 4.67. The molecule has 1 saturated carbocycles. The van der Waals surface area contributed by atoms with Crippen LogP contribution >= 0.6 is 0 Å². The molecule has 0 spiro atoms. The molecule has 80 valence electrons. The first-order valence-electron chi connectivity index (χ1n) is 5.75. The van der Waals surface area contributed by atoms with Crippen molar-refractivity contribution in [1.29, 1.82) is 0 Å². The topological polar surface area (TPSA) is 32.3 Å². The predicted octanol–water partition coefficient (Wildman–Crippen LogP) is 1.20. The van der Waals surface area contributed by atoms with Crippen LogP contribution in [-0.2, 0) is 4.79 Å². The number of hydrogen-bond acceptors (Lipinski definition) is 2. The molecule has 2 unspecified atom stereocenters. The van der Waals surface area contributed by atoms with Crippen LogP contribution in [0.3, 0.4) is 0 Å². The molecule has 0 aromatic carbocycles. The molecule has 1 N–H and O–H groups in total. The first-order valence-corrected chi connectivity index (χ1v) is 5.75. The van der Waals surface area contributed by atoms with E-state index < -0.39 is 0 Å². The zero-order chi connectivity index (χ0) is 10.1. The molecule has 1 aliphatic heterocycles. The van der Waals surface area contributed by atoms with Crippen molar-refractivity contribution in [1.82, 2.24) is 10.2 Å². The summed E-state index contributed by atoms with van der Waals surface area (Å²) in [5.41, 5.74) is 0. The first-order chi connectivity index (χ1) is 6.72. The highest BCUT2D eigenvalue weighted by atomic mass is 16.2. The van der Waals surface area contributed by atoms with Crippen molar-refractivity contribution in [3.8, 4) is 0 Å². The third-order valence-electron chi connectivity index (χ3n) is 3.48. The van der Waals surface area contributed by atoms with Crippen LogP contribution in [0.15, 0.2) is 0 Å². The van der Waals surface area contributed by atoms with Crippen LogP contribution in [0.25, 0.3) is 0 Å². The Hall–Kier alpha value is -0.570. The van der Waals surface area contributed by atoms with Crippen molar-refractivity contribution in [3.05, 3.63) is 0 Å². The molecule has 2 aliphatic rings. The zero-order valence-electron chi connectivity index (χ0n) is 9.12. The van der Waals surface area contributed by atoms with Crippen LogP contribution in [0.2, 0.25) is 0 Å².